The number of para-hydroxylation sites is 1. The predicted molar refractivity (Wildman–Crippen MR) is 237 cm³/mol. The lowest BCUT2D eigenvalue weighted by Gasteiger charge is -2.18. The van der Waals surface area contributed by atoms with Crippen molar-refractivity contribution in [2.75, 3.05) is 0 Å². The van der Waals surface area contributed by atoms with E-state index in [1.54, 1.807) is 0 Å². The van der Waals surface area contributed by atoms with Gasteiger partial charge < -0.3 is 0 Å². The van der Waals surface area contributed by atoms with Crippen molar-refractivity contribution in [2.45, 2.75) is 12.8 Å². The van der Waals surface area contributed by atoms with Crippen LogP contribution in [0.5, 0.6) is 0 Å². The summed E-state index contributed by atoms with van der Waals surface area (Å²) in [5.41, 5.74) is 11.3. The molecule has 0 aliphatic carbocycles. The molecule has 0 spiro atoms. The van der Waals surface area contributed by atoms with E-state index in [0.29, 0.717) is 0 Å². The summed E-state index contributed by atoms with van der Waals surface area (Å²) in [6.07, 6.45) is 5.81. The van der Waals surface area contributed by atoms with E-state index in [1.807, 2.05) is 18.5 Å². The van der Waals surface area contributed by atoms with Crippen LogP contribution in [0.1, 0.15) is 12.0 Å². The number of hydrogen-bond acceptors (Lipinski definition) is 3. The van der Waals surface area contributed by atoms with Gasteiger partial charge >= 0.3 is 0 Å². The fourth-order valence-corrected chi connectivity index (χ4v) is 9.33. The van der Waals surface area contributed by atoms with Crippen LogP contribution in [0.15, 0.2) is 175 Å². The first kappa shape index (κ1) is 31.2. The maximum atomic E-state index is 5.24. The molecule has 0 saturated carbocycles. The first-order valence-electron chi connectivity index (χ1n) is 19.4. The number of nitrogens with zero attached hydrogens (tertiary/aromatic N) is 3. The third-order valence-corrected chi connectivity index (χ3v) is 11.9. The smallest absolute Gasteiger partial charge is 0.0961 e. The molecule has 11 aromatic rings. The Morgan fingerprint density at radius 1 is 0.429 bits per heavy atom. The van der Waals surface area contributed by atoms with Gasteiger partial charge in [-0.15, -0.1) is 0 Å². The van der Waals surface area contributed by atoms with Crippen LogP contribution in [-0.4, -0.2) is 16.2 Å². The zero-order chi connectivity index (χ0) is 36.7. The van der Waals surface area contributed by atoms with Gasteiger partial charge in [-0.3, -0.25) is 9.98 Å². The number of rotatable bonds is 3. The highest BCUT2D eigenvalue weighted by Crippen LogP contribution is 2.43. The SMILES string of the molecule is C1=Nc2c(c(-c3ccc4c5ccc(-c6ccc(-c7nc8ccccc8c8c7ccc7ccccc78)cc6)cc5c5ccccc5c4c3)cc3cccnc23)CC1. The van der Waals surface area contributed by atoms with Crippen LogP contribution in [0.2, 0.25) is 0 Å². The molecule has 3 heteroatoms. The molecule has 0 fully saturated rings. The van der Waals surface area contributed by atoms with Gasteiger partial charge in [-0.1, -0.05) is 133 Å². The van der Waals surface area contributed by atoms with Crippen molar-refractivity contribution >= 4 is 87.6 Å². The largest absolute Gasteiger partial charge is 0.259 e. The first-order chi connectivity index (χ1) is 27.8. The quantitative estimate of drug-likeness (QED) is 0.171. The van der Waals surface area contributed by atoms with E-state index in [0.717, 1.165) is 46.2 Å². The van der Waals surface area contributed by atoms with Crippen molar-refractivity contribution in [3.05, 3.63) is 176 Å². The Morgan fingerprint density at radius 3 is 1.88 bits per heavy atom. The molecule has 0 radical (unpaired) electrons. The second-order valence-electron chi connectivity index (χ2n) is 15.0. The predicted octanol–water partition coefficient (Wildman–Crippen LogP) is 14.2. The zero-order valence-corrected chi connectivity index (χ0v) is 30.5. The van der Waals surface area contributed by atoms with Crippen molar-refractivity contribution in [2.24, 2.45) is 4.99 Å². The molecule has 12 rings (SSSR count). The third kappa shape index (κ3) is 4.67. The molecule has 0 atom stereocenters. The lowest BCUT2D eigenvalue weighted by molar-refractivity contribution is 1.03. The summed E-state index contributed by atoms with van der Waals surface area (Å²) < 4.78 is 0. The van der Waals surface area contributed by atoms with Gasteiger partial charge in [0.15, 0.2) is 0 Å². The van der Waals surface area contributed by atoms with Crippen LogP contribution in [0.3, 0.4) is 0 Å². The van der Waals surface area contributed by atoms with E-state index in [1.165, 1.54) is 87.1 Å². The van der Waals surface area contributed by atoms with E-state index in [-0.39, 0.29) is 0 Å². The van der Waals surface area contributed by atoms with E-state index < -0.39 is 0 Å². The molecule has 0 bridgehead atoms. The Morgan fingerprint density at radius 2 is 1.05 bits per heavy atom. The number of hydrogen-bond donors (Lipinski definition) is 0. The minimum absolute atomic E-state index is 0.944. The van der Waals surface area contributed by atoms with Crippen molar-refractivity contribution < 1.29 is 0 Å². The van der Waals surface area contributed by atoms with E-state index >= 15 is 0 Å². The van der Waals surface area contributed by atoms with Gasteiger partial charge in [0.2, 0.25) is 0 Å². The van der Waals surface area contributed by atoms with Gasteiger partial charge in [-0.05, 0) is 114 Å². The highest BCUT2D eigenvalue weighted by molar-refractivity contribution is 6.26. The van der Waals surface area contributed by atoms with Gasteiger partial charge in [0.25, 0.3) is 0 Å². The highest BCUT2D eigenvalue weighted by Gasteiger charge is 2.19. The van der Waals surface area contributed by atoms with Crippen LogP contribution in [0.4, 0.5) is 5.69 Å². The minimum Gasteiger partial charge on any atom is -0.259 e. The molecule has 0 amide bonds. The molecule has 2 aromatic heterocycles. The molecule has 0 saturated heterocycles. The van der Waals surface area contributed by atoms with Gasteiger partial charge in [0.05, 0.1) is 22.4 Å². The maximum Gasteiger partial charge on any atom is 0.0961 e. The monoisotopic (exact) mass is 711 g/mol. The van der Waals surface area contributed by atoms with Gasteiger partial charge in [-0.25, -0.2) is 4.98 Å². The average Bonchev–Trinajstić information content (AvgIpc) is 3.28. The van der Waals surface area contributed by atoms with Crippen LogP contribution < -0.4 is 0 Å². The molecule has 9 aromatic carbocycles. The summed E-state index contributed by atoms with van der Waals surface area (Å²) in [7, 11) is 0. The van der Waals surface area contributed by atoms with Crippen LogP contribution in [-0.2, 0) is 6.42 Å². The van der Waals surface area contributed by atoms with E-state index in [4.69, 9.17) is 15.0 Å². The number of fused-ring (bicyclic) bond motifs is 14. The lowest BCUT2D eigenvalue weighted by atomic mass is 9.88. The zero-order valence-electron chi connectivity index (χ0n) is 30.5. The maximum absolute atomic E-state index is 5.24. The van der Waals surface area contributed by atoms with Crippen LogP contribution >= 0.6 is 0 Å². The molecule has 0 N–H and O–H groups in total. The lowest BCUT2D eigenvalue weighted by Crippen LogP contribution is -1.99. The summed E-state index contributed by atoms with van der Waals surface area (Å²) in [6, 6.07) is 59.9. The van der Waals surface area contributed by atoms with Crippen LogP contribution in [0, 0.1) is 0 Å². The van der Waals surface area contributed by atoms with Crippen LogP contribution in [0.25, 0.3) is 109 Å². The molecule has 3 heterocycles. The number of benzene rings is 9. The van der Waals surface area contributed by atoms with E-state index in [9.17, 15) is 0 Å². The average molecular weight is 712 g/mol. The summed E-state index contributed by atoms with van der Waals surface area (Å²) >= 11 is 0. The molecule has 1 aliphatic heterocycles. The molecule has 260 valence electrons. The number of aliphatic imine (C=N–C) groups is 1. The molecule has 3 nitrogen and oxygen atoms in total. The minimum atomic E-state index is 0.944. The van der Waals surface area contributed by atoms with Crippen molar-refractivity contribution in [3.63, 3.8) is 0 Å². The summed E-state index contributed by atoms with van der Waals surface area (Å²) in [4.78, 5) is 14.8. The fourth-order valence-electron chi connectivity index (χ4n) is 9.33. The van der Waals surface area contributed by atoms with Gasteiger partial charge in [0.1, 0.15) is 0 Å². The topological polar surface area (TPSA) is 38.1 Å². The third-order valence-electron chi connectivity index (χ3n) is 11.9. The Balaban J connectivity index is 0.988. The Kier molecular flexibility index (Phi) is 6.75. The molecule has 1 aliphatic rings. The first-order valence-corrected chi connectivity index (χ1v) is 19.4. The fraction of sp³-hybridized carbons (Fsp3) is 0.0377. The second-order valence-corrected chi connectivity index (χ2v) is 15.0. The number of aromatic nitrogens is 2. The van der Waals surface area contributed by atoms with Crippen molar-refractivity contribution in [1.82, 2.24) is 9.97 Å². The normalized spacial score (nSPS) is 12.8. The molecular weight excluding hydrogens is 679 g/mol. The Labute approximate surface area is 323 Å². The van der Waals surface area contributed by atoms with Crippen molar-refractivity contribution in [1.29, 1.82) is 0 Å². The second kappa shape index (κ2) is 12.1. The molecular formula is C53H33N3. The van der Waals surface area contributed by atoms with Gasteiger partial charge in [0, 0.05) is 39.5 Å². The number of pyridine rings is 2. The standard InChI is InChI=1S/C53H33N3/c1-2-11-38-33(9-1)21-26-45-50(38)44-14-5-6-16-49(44)56-51(45)34-19-17-32(18-20-34)35-22-24-41-42-25-23-36(30-48(42)40-13-4-3-12-39(40)47(41)29-35)46-31-37-10-7-27-54-52(37)53-43(46)15-8-28-55-53/h1-7,9-14,16-31H,8,15H2. The summed E-state index contributed by atoms with van der Waals surface area (Å²) in [6.45, 7) is 0. The summed E-state index contributed by atoms with van der Waals surface area (Å²) in [5, 5.41) is 14.8. The Bertz CT molecular complexity index is 3430. The van der Waals surface area contributed by atoms with Crippen molar-refractivity contribution in [3.8, 4) is 33.5 Å². The molecule has 0 unspecified atom stereocenters. The summed E-state index contributed by atoms with van der Waals surface area (Å²) in [5.74, 6) is 0. The van der Waals surface area contributed by atoms with E-state index in [2.05, 4.69) is 158 Å². The molecule has 56 heavy (non-hydrogen) atoms. The highest BCUT2D eigenvalue weighted by atomic mass is 14.8. The van der Waals surface area contributed by atoms with Gasteiger partial charge in [-0.2, -0.15) is 0 Å². The Hall–Kier alpha value is -7.23.